The number of hydrogen-bond donors (Lipinski definition) is 1. The van der Waals surface area contributed by atoms with Gasteiger partial charge in [-0.05, 0) is 56.5 Å². The molecule has 4 rings (SSSR count). The number of rotatable bonds is 3. The molecule has 1 aromatic heterocycles. The molecule has 2 aliphatic rings. The standard InChI is InChI=1S/C22H27N3O4/c1-15-5-6-20-19(12-15)25(14-16(2)29-20)22(27)24-9-7-17(8-10-24)21(26)23-13-18-4-3-11-28-18/h3-6,11-12,16-17H,7-10,13-14H2,1-2H3,(H,23,26)/t16-/m0/s1. The fourth-order valence-electron chi connectivity index (χ4n) is 3.96. The third-order valence-corrected chi connectivity index (χ3v) is 5.56. The van der Waals surface area contributed by atoms with Gasteiger partial charge in [-0.3, -0.25) is 9.69 Å². The summed E-state index contributed by atoms with van der Waals surface area (Å²) in [7, 11) is 0. The topological polar surface area (TPSA) is 75.0 Å². The summed E-state index contributed by atoms with van der Waals surface area (Å²) in [5.74, 6) is 1.43. The van der Waals surface area contributed by atoms with Crippen LogP contribution in [0.15, 0.2) is 41.0 Å². The van der Waals surface area contributed by atoms with Gasteiger partial charge in [0.2, 0.25) is 5.91 Å². The highest BCUT2D eigenvalue weighted by Crippen LogP contribution is 2.35. The molecule has 1 aromatic carbocycles. The summed E-state index contributed by atoms with van der Waals surface area (Å²) in [6, 6.07) is 9.54. The second-order valence-corrected chi connectivity index (χ2v) is 7.85. The van der Waals surface area contributed by atoms with Gasteiger partial charge in [-0.1, -0.05) is 6.07 Å². The highest BCUT2D eigenvalue weighted by atomic mass is 16.5. The van der Waals surface area contributed by atoms with E-state index in [2.05, 4.69) is 5.32 Å². The normalized spacial score (nSPS) is 19.4. The molecule has 154 valence electrons. The molecule has 0 aliphatic carbocycles. The van der Waals surface area contributed by atoms with Crippen molar-refractivity contribution in [2.24, 2.45) is 5.92 Å². The van der Waals surface area contributed by atoms with E-state index in [1.165, 1.54) is 0 Å². The van der Waals surface area contributed by atoms with E-state index < -0.39 is 0 Å². The van der Waals surface area contributed by atoms with Crippen LogP contribution in [0.25, 0.3) is 0 Å². The number of aryl methyl sites for hydroxylation is 1. The molecule has 1 fully saturated rings. The summed E-state index contributed by atoms with van der Waals surface area (Å²) < 4.78 is 11.1. The van der Waals surface area contributed by atoms with Gasteiger partial charge in [-0.25, -0.2) is 4.79 Å². The molecule has 0 radical (unpaired) electrons. The molecule has 0 spiro atoms. The van der Waals surface area contributed by atoms with Crippen LogP contribution >= 0.6 is 0 Å². The molecule has 1 atom stereocenters. The zero-order chi connectivity index (χ0) is 20.4. The summed E-state index contributed by atoms with van der Waals surface area (Å²) in [5, 5.41) is 2.92. The number of amides is 3. The summed E-state index contributed by atoms with van der Waals surface area (Å²) in [5.41, 5.74) is 1.91. The Labute approximate surface area is 170 Å². The Morgan fingerprint density at radius 3 is 2.72 bits per heavy atom. The lowest BCUT2D eigenvalue weighted by molar-refractivity contribution is -0.126. The van der Waals surface area contributed by atoms with Crippen LogP contribution in [0, 0.1) is 12.8 Å². The maximum atomic E-state index is 13.2. The number of hydrogen-bond acceptors (Lipinski definition) is 4. The molecule has 0 unspecified atom stereocenters. The van der Waals surface area contributed by atoms with E-state index in [0.29, 0.717) is 39.0 Å². The van der Waals surface area contributed by atoms with Gasteiger partial charge in [0.15, 0.2) is 0 Å². The second-order valence-electron chi connectivity index (χ2n) is 7.85. The highest BCUT2D eigenvalue weighted by molar-refractivity contribution is 5.94. The Balaban J connectivity index is 1.36. The number of piperidine rings is 1. The number of fused-ring (bicyclic) bond motifs is 1. The van der Waals surface area contributed by atoms with Crippen molar-refractivity contribution < 1.29 is 18.7 Å². The van der Waals surface area contributed by atoms with Gasteiger partial charge in [-0.2, -0.15) is 0 Å². The number of urea groups is 1. The lowest BCUT2D eigenvalue weighted by atomic mass is 9.96. The van der Waals surface area contributed by atoms with Crippen LogP contribution in [0.2, 0.25) is 0 Å². The van der Waals surface area contributed by atoms with Crippen molar-refractivity contribution in [3.8, 4) is 5.75 Å². The van der Waals surface area contributed by atoms with Gasteiger partial charge in [0.05, 0.1) is 25.0 Å². The first kappa shape index (κ1) is 19.4. The van der Waals surface area contributed by atoms with Gasteiger partial charge in [0, 0.05) is 19.0 Å². The number of nitrogens with one attached hydrogen (secondary N) is 1. The predicted molar refractivity (Wildman–Crippen MR) is 109 cm³/mol. The molecular weight excluding hydrogens is 370 g/mol. The number of ether oxygens (including phenoxy) is 1. The molecule has 0 saturated carbocycles. The maximum Gasteiger partial charge on any atom is 0.324 e. The largest absolute Gasteiger partial charge is 0.487 e. The number of likely N-dealkylation sites (tertiary alicyclic amines) is 1. The zero-order valence-corrected chi connectivity index (χ0v) is 16.9. The zero-order valence-electron chi connectivity index (χ0n) is 16.9. The van der Waals surface area contributed by atoms with E-state index in [0.717, 1.165) is 22.8 Å². The lowest BCUT2D eigenvalue weighted by Gasteiger charge is -2.39. The van der Waals surface area contributed by atoms with Crippen molar-refractivity contribution in [1.82, 2.24) is 10.2 Å². The summed E-state index contributed by atoms with van der Waals surface area (Å²) in [4.78, 5) is 29.3. The van der Waals surface area contributed by atoms with Gasteiger partial charge in [0.1, 0.15) is 17.6 Å². The van der Waals surface area contributed by atoms with E-state index in [1.807, 2.05) is 47.9 Å². The minimum atomic E-state index is -0.0767. The number of furan rings is 1. The van der Waals surface area contributed by atoms with Crippen LogP contribution in [0.3, 0.4) is 0 Å². The Morgan fingerprint density at radius 2 is 2.00 bits per heavy atom. The predicted octanol–water partition coefficient (Wildman–Crippen LogP) is 3.32. The van der Waals surface area contributed by atoms with Crippen LogP contribution < -0.4 is 15.0 Å². The summed E-state index contributed by atoms with van der Waals surface area (Å²) >= 11 is 0. The number of carbonyl (C=O) groups is 2. The van der Waals surface area contributed by atoms with E-state index in [9.17, 15) is 9.59 Å². The Kier molecular flexibility index (Phi) is 5.47. The monoisotopic (exact) mass is 397 g/mol. The van der Waals surface area contributed by atoms with Crippen molar-refractivity contribution >= 4 is 17.6 Å². The molecule has 1 N–H and O–H groups in total. The molecule has 1 saturated heterocycles. The Bertz CT molecular complexity index is 872. The molecule has 7 heteroatoms. The van der Waals surface area contributed by atoms with Crippen LogP contribution in [-0.2, 0) is 11.3 Å². The molecular formula is C22H27N3O4. The molecule has 7 nitrogen and oxygen atoms in total. The van der Waals surface area contributed by atoms with Gasteiger partial charge >= 0.3 is 6.03 Å². The van der Waals surface area contributed by atoms with Gasteiger partial charge < -0.3 is 19.4 Å². The molecule has 0 bridgehead atoms. The molecule has 3 amide bonds. The number of benzene rings is 1. The van der Waals surface area contributed by atoms with Crippen LogP contribution in [0.1, 0.15) is 31.1 Å². The minimum Gasteiger partial charge on any atom is -0.487 e. The number of anilines is 1. The van der Waals surface area contributed by atoms with E-state index >= 15 is 0 Å². The summed E-state index contributed by atoms with van der Waals surface area (Å²) in [6.45, 7) is 6.05. The number of nitrogens with zero attached hydrogens (tertiary/aromatic N) is 2. The maximum absolute atomic E-state index is 13.2. The first-order valence-corrected chi connectivity index (χ1v) is 10.1. The Hall–Kier alpha value is -2.96. The van der Waals surface area contributed by atoms with E-state index in [-0.39, 0.29) is 24.0 Å². The van der Waals surface area contributed by atoms with Crippen LogP contribution in [0.5, 0.6) is 5.75 Å². The second kappa shape index (κ2) is 8.19. The van der Waals surface area contributed by atoms with Crippen molar-refractivity contribution in [2.45, 2.75) is 39.3 Å². The quantitative estimate of drug-likeness (QED) is 0.862. The van der Waals surface area contributed by atoms with Crippen molar-refractivity contribution in [2.75, 3.05) is 24.5 Å². The minimum absolute atomic E-state index is 0.0126. The SMILES string of the molecule is Cc1ccc2c(c1)N(C(=O)N1CCC(C(=O)NCc3ccco3)CC1)C[C@H](C)O2. The average molecular weight is 397 g/mol. The van der Waals surface area contributed by atoms with Gasteiger partial charge in [-0.15, -0.1) is 0 Å². The molecule has 2 aromatic rings. The molecule has 3 heterocycles. The first-order valence-electron chi connectivity index (χ1n) is 10.1. The Morgan fingerprint density at radius 1 is 1.21 bits per heavy atom. The third kappa shape index (κ3) is 4.23. The van der Waals surface area contributed by atoms with E-state index in [1.54, 1.807) is 12.3 Å². The van der Waals surface area contributed by atoms with Crippen molar-refractivity contribution in [3.05, 3.63) is 47.9 Å². The molecule has 29 heavy (non-hydrogen) atoms. The third-order valence-electron chi connectivity index (χ3n) is 5.56. The van der Waals surface area contributed by atoms with Crippen LogP contribution in [0.4, 0.5) is 10.5 Å². The van der Waals surface area contributed by atoms with E-state index in [4.69, 9.17) is 9.15 Å². The first-order chi connectivity index (χ1) is 14.0. The molecule has 2 aliphatic heterocycles. The van der Waals surface area contributed by atoms with Crippen molar-refractivity contribution in [3.63, 3.8) is 0 Å². The smallest absolute Gasteiger partial charge is 0.324 e. The fourth-order valence-corrected chi connectivity index (χ4v) is 3.96. The highest BCUT2D eigenvalue weighted by Gasteiger charge is 2.34. The lowest BCUT2D eigenvalue weighted by Crippen LogP contribution is -2.52. The fraction of sp³-hybridized carbons (Fsp3) is 0.455. The van der Waals surface area contributed by atoms with Crippen LogP contribution in [-0.4, -0.2) is 42.6 Å². The van der Waals surface area contributed by atoms with Crippen molar-refractivity contribution in [1.29, 1.82) is 0 Å². The number of carbonyl (C=O) groups excluding carboxylic acids is 2. The average Bonchev–Trinajstić information content (AvgIpc) is 3.25. The summed E-state index contributed by atoms with van der Waals surface area (Å²) in [6.07, 6.45) is 2.86. The van der Waals surface area contributed by atoms with Gasteiger partial charge in [0.25, 0.3) is 0 Å².